The van der Waals surface area contributed by atoms with Crippen LogP contribution in [0.3, 0.4) is 0 Å². The van der Waals surface area contributed by atoms with E-state index in [1.54, 1.807) is 0 Å². The van der Waals surface area contributed by atoms with Crippen LogP contribution in [0.4, 0.5) is 0 Å². The van der Waals surface area contributed by atoms with Gasteiger partial charge in [-0.05, 0) is 85.0 Å². The van der Waals surface area contributed by atoms with E-state index in [1.165, 1.54) is 38.5 Å². The Morgan fingerprint density at radius 3 is 2.73 bits per heavy atom. The van der Waals surface area contributed by atoms with Gasteiger partial charge in [0.2, 0.25) is 0 Å². The summed E-state index contributed by atoms with van der Waals surface area (Å²) >= 11 is 0. The van der Waals surface area contributed by atoms with Crippen molar-refractivity contribution in [1.82, 2.24) is 0 Å². The molecule has 0 aromatic heterocycles. The Morgan fingerprint density at radius 1 is 1.14 bits per heavy atom. The summed E-state index contributed by atoms with van der Waals surface area (Å²) in [5.41, 5.74) is 0.782. The molecule has 0 spiro atoms. The maximum atomic E-state index is 11.8. The molecule has 0 aliphatic heterocycles. The number of carbonyl (C=O) groups excluding carboxylic acids is 1. The molecule has 4 aliphatic carbocycles. The molecule has 4 aliphatic rings. The molecular formula is C21H30O. The van der Waals surface area contributed by atoms with E-state index in [0.717, 1.165) is 30.1 Å². The molecule has 1 heteroatoms. The van der Waals surface area contributed by atoms with Crippen molar-refractivity contribution in [1.29, 1.82) is 0 Å². The lowest BCUT2D eigenvalue weighted by Crippen LogP contribution is -2.52. The number of fused-ring (bicyclic) bond motifs is 5. The van der Waals surface area contributed by atoms with Crippen LogP contribution in [0.5, 0.6) is 0 Å². The molecule has 0 heterocycles. The first-order chi connectivity index (χ1) is 10.5. The van der Waals surface area contributed by atoms with Gasteiger partial charge >= 0.3 is 0 Å². The average molecular weight is 298 g/mol. The summed E-state index contributed by atoms with van der Waals surface area (Å²) in [5, 5.41) is 0. The standard InChI is InChI=1S/C21H30O/c1-4-14-6-8-18-17-7-5-15-13-16(22)9-11-21(15,3)19(17)10-12-20(14,18)2/h4,9,11,14-15,17-19H,1,5-8,10,12-13H2,2-3H3/t14-,15-,17?,18?,19?,20+,21-/m0/s1. The maximum Gasteiger partial charge on any atom is 0.155 e. The summed E-state index contributed by atoms with van der Waals surface area (Å²) in [7, 11) is 0. The zero-order chi connectivity index (χ0) is 15.5. The van der Waals surface area contributed by atoms with Crippen molar-refractivity contribution in [2.45, 2.75) is 58.8 Å². The average Bonchev–Trinajstić information content (AvgIpc) is 2.84. The van der Waals surface area contributed by atoms with Crippen LogP contribution in [-0.4, -0.2) is 5.78 Å². The van der Waals surface area contributed by atoms with Gasteiger partial charge in [-0.2, -0.15) is 0 Å². The molecule has 4 rings (SSSR count). The smallest absolute Gasteiger partial charge is 0.155 e. The molecule has 3 unspecified atom stereocenters. The normalized spacial score (nSPS) is 53.5. The first kappa shape index (κ1) is 14.7. The Labute approximate surface area is 135 Å². The molecule has 0 bridgehead atoms. The highest BCUT2D eigenvalue weighted by atomic mass is 16.1. The second-order valence-corrected chi connectivity index (χ2v) is 8.98. The molecule has 0 aromatic carbocycles. The monoisotopic (exact) mass is 298 g/mol. The van der Waals surface area contributed by atoms with Crippen LogP contribution in [0.15, 0.2) is 24.8 Å². The number of carbonyl (C=O) groups is 1. The molecule has 7 atom stereocenters. The van der Waals surface area contributed by atoms with Crippen molar-refractivity contribution in [3.8, 4) is 0 Å². The lowest BCUT2D eigenvalue weighted by molar-refractivity contribution is -0.122. The molecular weight excluding hydrogens is 268 g/mol. The van der Waals surface area contributed by atoms with Crippen molar-refractivity contribution < 1.29 is 4.79 Å². The molecule has 0 saturated heterocycles. The minimum Gasteiger partial charge on any atom is -0.295 e. The van der Waals surface area contributed by atoms with Crippen molar-refractivity contribution in [2.75, 3.05) is 0 Å². The summed E-state index contributed by atoms with van der Waals surface area (Å²) in [6, 6.07) is 0. The molecule has 1 nitrogen and oxygen atoms in total. The molecule has 3 fully saturated rings. The van der Waals surface area contributed by atoms with Crippen LogP contribution in [0.2, 0.25) is 0 Å². The molecule has 0 aromatic rings. The molecule has 120 valence electrons. The topological polar surface area (TPSA) is 17.1 Å². The molecule has 3 saturated carbocycles. The van der Waals surface area contributed by atoms with Gasteiger partial charge in [-0.3, -0.25) is 4.79 Å². The Hall–Kier alpha value is -0.850. The van der Waals surface area contributed by atoms with Gasteiger partial charge in [-0.1, -0.05) is 26.0 Å². The van der Waals surface area contributed by atoms with Gasteiger partial charge < -0.3 is 0 Å². The van der Waals surface area contributed by atoms with E-state index in [0.29, 0.717) is 17.1 Å². The van der Waals surface area contributed by atoms with Crippen molar-refractivity contribution in [3.05, 3.63) is 24.8 Å². The predicted octanol–water partition coefficient (Wildman–Crippen LogP) is 5.18. The van der Waals surface area contributed by atoms with Crippen molar-refractivity contribution in [3.63, 3.8) is 0 Å². The lowest BCUT2D eigenvalue weighted by Gasteiger charge is -2.58. The quantitative estimate of drug-likeness (QED) is 0.610. The SMILES string of the molecule is C=C[C@H]1CCC2C3CC[C@H]4CC(=O)C=C[C@]4(C)C3CC[C@@]21C. The first-order valence-corrected chi connectivity index (χ1v) is 9.33. The summed E-state index contributed by atoms with van der Waals surface area (Å²) < 4.78 is 0. The number of allylic oxidation sites excluding steroid dienone is 3. The second kappa shape index (κ2) is 4.82. The van der Waals surface area contributed by atoms with Crippen LogP contribution in [0.1, 0.15) is 58.8 Å². The highest BCUT2D eigenvalue weighted by Gasteiger charge is 2.58. The van der Waals surface area contributed by atoms with E-state index in [2.05, 4.69) is 32.6 Å². The van der Waals surface area contributed by atoms with E-state index in [1.807, 2.05) is 6.08 Å². The zero-order valence-corrected chi connectivity index (χ0v) is 14.2. The van der Waals surface area contributed by atoms with Crippen LogP contribution < -0.4 is 0 Å². The first-order valence-electron chi connectivity index (χ1n) is 9.33. The third-order valence-corrected chi connectivity index (χ3v) is 8.40. The minimum atomic E-state index is 0.282. The number of hydrogen-bond donors (Lipinski definition) is 0. The van der Waals surface area contributed by atoms with Gasteiger partial charge in [-0.15, -0.1) is 6.58 Å². The van der Waals surface area contributed by atoms with E-state index in [4.69, 9.17) is 0 Å². The van der Waals surface area contributed by atoms with Crippen molar-refractivity contribution in [2.24, 2.45) is 40.4 Å². The fourth-order valence-corrected chi connectivity index (χ4v) is 7.06. The molecule has 0 amide bonds. The van der Waals surface area contributed by atoms with E-state index >= 15 is 0 Å². The van der Waals surface area contributed by atoms with Gasteiger partial charge in [0.05, 0.1) is 0 Å². The Kier molecular flexibility index (Phi) is 3.23. The predicted molar refractivity (Wildman–Crippen MR) is 90.3 cm³/mol. The second-order valence-electron chi connectivity index (χ2n) is 8.98. The highest BCUT2D eigenvalue weighted by molar-refractivity contribution is 5.91. The highest BCUT2D eigenvalue weighted by Crippen LogP contribution is 2.66. The fourth-order valence-electron chi connectivity index (χ4n) is 7.06. The van der Waals surface area contributed by atoms with Gasteiger partial charge in [-0.25, -0.2) is 0 Å². The van der Waals surface area contributed by atoms with Gasteiger partial charge in [0, 0.05) is 6.42 Å². The van der Waals surface area contributed by atoms with Gasteiger partial charge in [0.15, 0.2) is 5.78 Å². The lowest BCUT2D eigenvalue weighted by atomic mass is 9.46. The minimum absolute atomic E-state index is 0.282. The van der Waals surface area contributed by atoms with Crippen LogP contribution in [0, 0.1) is 40.4 Å². The van der Waals surface area contributed by atoms with Crippen molar-refractivity contribution >= 4 is 5.78 Å². The van der Waals surface area contributed by atoms with Crippen LogP contribution in [-0.2, 0) is 4.79 Å². The van der Waals surface area contributed by atoms with Gasteiger partial charge in [0.1, 0.15) is 0 Å². The number of rotatable bonds is 1. The van der Waals surface area contributed by atoms with E-state index in [9.17, 15) is 4.79 Å². The Morgan fingerprint density at radius 2 is 1.95 bits per heavy atom. The van der Waals surface area contributed by atoms with Gasteiger partial charge in [0.25, 0.3) is 0 Å². The molecule has 0 N–H and O–H groups in total. The largest absolute Gasteiger partial charge is 0.295 e. The Balaban J connectivity index is 1.67. The maximum absolute atomic E-state index is 11.8. The van der Waals surface area contributed by atoms with Crippen LogP contribution in [0.25, 0.3) is 0 Å². The summed E-state index contributed by atoms with van der Waals surface area (Å²) in [5.74, 6) is 4.26. The molecule has 22 heavy (non-hydrogen) atoms. The zero-order valence-electron chi connectivity index (χ0n) is 14.2. The van der Waals surface area contributed by atoms with E-state index in [-0.39, 0.29) is 5.41 Å². The number of ketones is 1. The number of hydrogen-bond acceptors (Lipinski definition) is 1. The third-order valence-electron chi connectivity index (χ3n) is 8.40. The molecule has 0 radical (unpaired) electrons. The summed E-state index contributed by atoms with van der Waals surface area (Å²) in [6.07, 6.45) is 15.3. The van der Waals surface area contributed by atoms with E-state index < -0.39 is 0 Å². The fraction of sp³-hybridized carbons (Fsp3) is 0.762. The third kappa shape index (κ3) is 1.80. The Bertz CT molecular complexity index is 532. The van der Waals surface area contributed by atoms with Crippen LogP contribution >= 0.6 is 0 Å². The summed E-state index contributed by atoms with van der Waals surface area (Å²) in [6.45, 7) is 9.12. The summed E-state index contributed by atoms with van der Waals surface area (Å²) in [4.78, 5) is 11.8.